The molecule has 1 amide bonds. The van der Waals surface area contributed by atoms with Crippen molar-refractivity contribution in [1.29, 1.82) is 0 Å². The number of cyclic esters (lactones) is 1. The minimum Gasteiger partial charge on any atom is -0.459 e. The molecule has 4 rings (SSSR count). The Hall–Kier alpha value is -2.02. The number of hydrogen-bond acceptors (Lipinski definition) is 6. The molecule has 4 heterocycles. The molecular formula is C19H26N4O3. The summed E-state index contributed by atoms with van der Waals surface area (Å²) in [6.45, 7) is 5.97. The zero-order valence-corrected chi connectivity index (χ0v) is 15.5. The van der Waals surface area contributed by atoms with Crippen LogP contribution in [0.1, 0.15) is 62.7 Å². The maximum atomic E-state index is 12.7. The van der Waals surface area contributed by atoms with Gasteiger partial charge in [-0.3, -0.25) is 9.59 Å². The molecule has 0 spiro atoms. The number of carbonyl (C=O) groups excluding carboxylic acids is 2. The van der Waals surface area contributed by atoms with Crippen molar-refractivity contribution in [2.75, 3.05) is 13.1 Å². The van der Waals surface area contributed by atoms with E-state index in [0.717, 1.165) is 42.9 Å². The fourth-order valence-corrected chi connectivity index (χ4v) is 4.19. The first kappa shape index (κ1) is 17.4. The van der Waals surface area contributed by atoms with Crippen molar-refractivity contribution in [3.8, 4) is 0 Å². The Balaban J connectivity index is 1.40. The fourth-order valence-electron chi connectivity index (χ4n) is 4.19. The third-order valence-electron chi connectivity index (χ3n) is 5.55. The maximum absolute atomic E-state index is 12.7. The number of hydrogen-bond donors (Lipinski definition) is 1. The molecule has 26 heavy (non-hydrogen) atoms. The molecule has 0 aliphatic carbocycles. The monoisotopic (exact) mass is 358 g/mol. The van der Waals surface area contributed by atoms with Crippen LogP contribution in [0.15, 0.2) is 6.20 Å². The van der Waals surface area contributed by atoms with E-state index < -0.39 is 5.60 Å². The van der Waals surface area contributed by atoms with E-state index in [1.54, 1.807) is 0 Å². The Labute approximate surface area is 153 Å². The third-order valence-corrected chi connectivity index (χ3v) is 5.55. The number of nitrogens with zero attached hydrogens (tertiary/aromatic N) is 3. The smallest absolute Gasteiger partial charge is 0.310 e. The maximum Gasteiger partial charge on any atom is 0.310 e. The summed E-state index contributed by atoms with van der Waals surface area (Å²) in [6.07, 6.45) is 5.67. The highest BCUT2D eigenvalue weighted by molar-refractivity contribution is 5.84. The lowest BCUT2D eigenvalue weighted by atomic mass is 9.94. The predicted molar refractivity (Wildman–Crippen MR) is 94.0 cm³/mol. The highest BCUT2D eigenvalue weighted by Gasteiger charge is 2.41. The molecule has 2 atom stereocenters. The Morgan fingerprint density at radius 3 is 3.00 bits per heavy atom. The molecule has 0 saturated carbocycles. The molecule has 3 aliphatic rings. The summed E-state index contributed by atoms with van der Waals surface area (Å²) in [5.74, 6) is 0.303. The molecule has 140 valence electrons. The average Bonchev–Trinajstić information content (AvgIpc) is 3.22. The van der Waals surface area contributed by atoms with Crippen molar-refractivity contribution in [3.63, 3.8) is 0 Å². The van der Waals surface area contributed by atoms with Crippen LogP contribution >= 0.6 is 0 Å². The van der Waals surface area contributed by atoms with Crippen LogP contribution in [0.4, 0.5) is 0 Å². The van der Waals surface area contributed by atoms with E-state index in [-0.39, 0.29) is 30.3 Å². The van der Waals surface area contributed by atoms with Crippen LogP contribution < -0.4 is 5.32 Å². The molecule has 2 fully saturated rings. The number of nitrogens with one attached hydrogen (secondary N) is 1. The zero-order valence-electron chi connectivity index (χ0n) is 15.5. The molecule has 7 heteroatoms. The first-order valence-electron chi connectivity index (χ1n) is 9.50. The quantitative estimate of drug-likeness (QED) is 0.825. The van der Waals surface area contributed by atoms with E-state index in [1.807, 2.05) is 24.9 Å². The molecule has 1 aromatic rings. The van der Waals surface area contributed by atoms with Gasteiger partial charge in [-0.15, -0.1) is 0 Å². The van der Waals surface area contributed by atoms with Crippen molar-refractivity contribution in [1.82, 2.24) is 20.2 Å². The lowest BCUT2D eigenvalue weighted by Gasteiger charge is -2.29. The summed E-state index contributed by atoms with van der Waals surface area (Å²) >= 11 is 0. The molecule has 0 radical (unpaired) electrons. The van der Waals surface area contributed by atoms with Crippen LogP contribution in [0.5, 0.6) is 0 Å². The van der Waals surface area contributed by atoms with E-state index in [0.29, 0.717) is 19.5 Å². The van der Waals surface area contributed by atoms with Gasteiger partial charge in [-0.25, -0.2) is 9.97 Å². The van der Waals surface area contributed by atoms with Gasteiger partial charge in [0, 0.05) is 44.1 Å². The average molecular weight is 358 g/mol. The van der Waals surface area contributed by atoms with Gasteiger partial charge in [0.15, 0.2) is 0 Å². The molecule has 1 N–H and O–H groups in total. The van der Waals surface area contributed by atoms with Crippen molar-refractivity contribution in [2.24, 2.45) is 5.92 Å². The van der Waals surface area contributed by atoms with Crippen molar-refractivity contribution < 1.29 is 14.3 Å². The summed E-state index contributed by atoms with van der Waals surface area (Å²) < 4.78 is 5.33. The summed E-state index contributed by atoms with van der Waals surface area (Å²) in [5, 5.41) is 3.42. The Kier molecular flexibility index (Phi) is 4.42. The molecule has 1 aromatic heterocycles. The van der Waals surface area contributed by atoms with E-state index >= 15 is 0 Å². The standard InChI is InChI=1S/C19H26N4O3/c1-19(2)9-12(18(25)26-19)8-16(24)23-7-5-14-13(11-23)10-21-17(22-14)15-4-3-6-20-15/h10,12,15,20H,3-9,11H2,1-2H3. The number of esters is 1. The lowest BCUT2D eigenvalue weighted by Crippen LogP contribution is -2.38. The number of fused-ring (bicyclic) bond motifs is 1. The molecule has 0 bridgehead atoms. The first-order valence-corrected chi connectivity index (χ1v) is 9.50. The Bertz CT molecular complexity index is 727. The normalized spacial score (nSPS) is 27.3. The van der Waals surface area contributed by atoms with Crippen molar-refractivity contribution >= 4 is 11.9 Å². The van der Waals surface area contributed by atoms with Crippen LogP contribution in [0.3, 0.4) is 0 Å². The second-order valence-electron chi connectivity index (χ2n) is 8.20. The molecule has 2 saturated heterocycles. The van der Waals surface area contributed by atoms with Gasteiger partial charge < -0.3 is 15.0 Å². The van der Waals surface area contributed by atoms with Gasteiger partial charge in [0.25, 0.3) is 0 Å². The van der Waals surface area contributed by atoms with Gasteiger partial charge in [0.05, 0.1) is 17.7 Å². The number of amides is 1. The van der Waals surface area contributed by atoms with Gasteiger partial charge in [-0.2, -0.15) is 0 Å². The summed E-state index contributed by atoms with van der Waals surface area (Å²) in [5.41, 5.74) is 1.60. The van der Waals surface area contributed by atoms with Crippen LogP contribution in [0.2, 0.25) is 0 Å². The van der Waals surface area contributed by atoms with Crippen molar-refractivity contribution in [2.45, 2.75) is 64.1 Å². The van der Waals surface area contributed by atoms with Crippen LogP contribution in [-0.2, 0) is 27.3 Å². The number of aromatic nitrogens is 2. The summed E-state index contributed by atoms with van der Waals surface area (Å²) in [4.78, 5) is 35.7. The van der Waals surface area contributed by atoms with Gasteiger partial charge in [-0.1, -0.05) is 0 Å². The third kappa shape index (κ3) is 3.45. The minimum absolute atomic E-state index is 0.0110. The van der Waals surface area contributed by atoms with Crippen LogP contribution in [-0.4, -0.2) is 45.4 Å². The van der Waals surface area contributed by atoms with E-state index in [2.05, 4.69) is 10.3 Å². The summed E-state index contributed by atoms with van der Waals surface area (Å²) in [6, 6.07) is 0.261. The largest absolute Gasteiger partial charge is 0.459 e. The second-order valence-corrected chi connectivity index (χ2v) is 8.20. The highest BCUT2D eigenvalue weighted by atomic mass is 16.6. The van der Waals surface area contributed by atoms with Crippen LogP contribution in [0, 0.1) is 5.92 Å². The van der Waals surface area contributed by atoms with Gasteiger partial charge >= 0.3 is 5.97 Å². The Morgan fingerprint density at radius 2 is 2.31 bits per heavy atom. The highest BCUT2D eigenvalue weighted by Crippen LogP contribution is 2.33. The number of rotatable bonds is 3. The summed E-state index contributed by atoms with van der Waals surface area (Å²) in [7, 11) is 0. The number of ether oxygens (including phenoxy) is 1. The topological polar surface area (TPSA) is 84.4 Å². The van der Waals surface area contributed by atoms with Crippen LogP contribution in [0.25, 0.3) is 0 Å². The van der Waals surface area contributed by atoms with Crippen molar-refractivity contribution in [3.05, 3.63) is 23.3 Å². The first-order chi connectivity index (χ1) is 12.4. The second kappa shape index (κ2) is 6.61. The lowest BCUT2D eigenvalue weighted by molar-refractivity contribution is -0.150. The molecule has 7 nitrogen and oxygen atoms in total. The van der Waals surface area contributed by atoms with E-state index in [4.69, 9.17) is 9.72 Å². The molecular weight excluding hydrogens is 332 g/mol. The SMILES string of the molecule is CC1(C)CC(CC(=O)N2CCc3nc(C4CCCN4)ncc3C2)C(=O)O1. The number of carbonyl (C=O) groups is 2. The fraction of sp³-hybridized carbons (Fsp3) is 0.684. The van der Waals surface area contributed by atoms with E-state index in [1.165, 1.54) is 0 Å². The van der Waals surface area contributed by atoms with Gasteiger partial charge in [-0.05, 0) is 33.2 Å². The van der Waals surface area contributed by atoms with Gasteiger partial charge in [0.2, 0.25) is 5.91 Å². The molecule has 0 aromatic carbocycles. The minimum atomic E-state index is -0.463. The predicted octanol–water partition coefficient (Wildman–Crippen LogP) is 1.52. The zero-order chi connectivity index (χ0) is 18.3. The molecule has 3 aliphatic heterocycles. The Morgan fingerprint density at radius 1 is 1.46 bits per heavy atom. The van der Waals surface area contributed by atoms with Gasteiger partial charge in [0.1, 0.15) is 11.4 Å². The van der Waals surface area contributed by atoms with E-state index in [9.17, 15) is 9.59 Å². The molecule has 2 unspecified atom stereocenters.